The second kappa shape index (κ2) is 5.76. The molecule has 2 rings (SSSR count). The summed E-state index contributed by atoms with van der Waals surface area (Å²) < 4.78 is 0. The third-order valence-corrected chi connectivity index (χ3v) is 3.38. The van der Waals surface area contributed by atoms with Crippen LogP contribution in [0.25, 0.3) is 10.8 Å². The van der Waals surface area contributed by atoms with E-state index in [1.807, 2.05) is 32.0 Å². The summed E-state index contributed by atoms with van der Waals surface area (Å²) in [5, 5.41) is 8.02. The van der Waals surface area contributed by atoms with Crippen LogP contribution < -0.4 is 10.6 Å². The summed E-state index contributed by atoms with van der Waals surface area (Å²) in [6.07, 6.45) is 0. The molecule has 2 amide bonds. The zero-order valence-corrected chi connectivity index (χ0v) is 13.4. The second-order valence-corrected chi connectivity index (χ2v) is 6.78. The lowest BCUT2D eigenvalue weighted by atomic mass is 9.86. The summed E-state index contributed by atoms with van der Waals surface area (Å²) in [6.45, 7) is 10.5. The highest BCUT2D eigenvalue weighted by Gasteiger charge is 2.13. The average molecular weight is 284 g/mol. The summed E-state index contributed by atoms with van der Waals surface area (Å²) in [5.74, 6) is 0. The summed E-state index contributed by atoms with van der Waals surface area (Å²) in [5.41, 5.74) is 2.22. The summed E-state index contributed by atoms with van der Waals surface area (Å²) in [6, 6.07) is 12.4. The molecular formula is C18H24N2O. The van der Waals surface area contributed by atoms with Crippen molar-refractivity contribution in [1.82, 2.24) is 5.32 Å². The van der Waals surface area contributed by atoms with Gasteiger partial charge in [0.05, 0.1) is 0 Å². The minimum absolute atomic E-state index is 0.118. The number of hydrogen-bond donors (Lipinski definition) is 2. The maximum atomic E-state index is 11.8. The van der Waals surface area contributed by atoms with Crippen molar-refractivity contribution in [3.63, 3.8) is 0 Å². The van der Waals surface area contributed by atoms with E-state index in [0.29, 0.717) is 0 Å². The minimum atomic E-state index is -0.170. The van der Waals surface area contributed by atoms with Gasteiger partial charge in [-0.15, -0.1) is 0 Å². The maximum Gasteiger partial charge on any atom is 0.319 e. The van der Waals surface area contributed by atoms with Crippen molar-refractivity contribution in [3.8, 4) is 0 Å². The molecule has 0 unspecified atom stereocenters. The predicted molar refractivity (Wildman–Crippen MR) is 89.9 cm³/mol. The van der Waals surface area contributed by atoms with Crippen molar-refractivity contribution >= 4 is 22.5 Å². The first-order valence-corrected chi connectivity index (χ1v) is 7.37. The van der Waals surface area contributed by atoms with E-state index in [1.165, 1.54) is 10.9 Å². The molecule has 112 valence electrons. The zero-order valence-electron chi connectivity index (χ0n) is 13.4. The van der Waals surface area contributed by atoms with Crippen LogP contribution >= 0.6 is 0 Å². The van der Waals surface area contributed by atoms with Gasteiger partial charge in [-0.1, -0.05) is 45.0 Å². The molecule has 21 heavy (non-hydrogen) atoms. The lowest BCUT2D eigenvalue weighted by molar-refractivity contribution is 0.250. The number of rotatable bonds is 2. The molecule has 0 heterocycles. The molecule has 2 aromatic carbocycles. The Morgan fingerprint density at radius 1 is 1.00 bits per heavy atom. The van der Waals surface area contributed by atoms with Gasteiger partial charge in [0.25, 0.3) is 0 Å². The monoisotopic (exact) mass is 284 g/mol. The molecule has 0 saturated heterocycles. The molecular weight excluding hydrogens is 260 g/mol. The zero-order chi connectivity index (χ0) is 15.6. The van der Waals surface area contributed by atoms with Crippen LogP contribution in [-0.4, -0.2) is 12.1 Å². The molecule has 0 aromatic heterocycles. The molecule has 3 heteroatoms. The predicted octanol–water partition coefficient (Wildman–Crippen LogP) is 4.67. The van der Waals surface area contributed by atoms with Crippen molar-refractivity contribution < 1.29 is 4.79 Å². The number of carbonyl (C=O) groups is 1. The Morgan fingerprint density at radius 3 is 2.29 bits per heavy atom. The van der Waals surface area contributed by atoms with Gasteiger partial charge in [-0.05, 0) is 47.7 Å². The largest absolute Gasteiger partial charge is 0.336 e. The van der Waals surface area contributed by atoms with E-state index in [-0.39, 0.29) is 17.5 Å². The Bertz CT molecular complexity index is 654. The smallest absolute Gasteiger partial charge is 0.319 e. The van der Waals surface area contributed by atoms with Gasteiger partial charge in [0, 0.05) is 11.7 Å². The normalized spacial score (nSPS) is 11.7. The lowest BCUT2D eigenvalue weighted by Crippen LogP contribution is -2.34. The van der Waals surface area contributed by atoms with Crippen LogP contribution in [0.4, 0.5) is 10.5 Å². The first-order chi connectivity index (χ1) is 9.75. The molecule has 0 bridgehead atoms. The van der Waals surface area contributed by atoms with Gasteiger partial charge in [0.15, 0.2) is 0 Å². The van der Waals surface area contributed by atoms with E-state index >= 15 is 0 Å². The van der Waals surface area contributed by atoms with E-state index in [4.69, 9.17) is 0 Å². The van der Waals surface area contributed by atoms with Crippen LogP contribution in [0.1, 0.15) is 40.2 Å². The van der Waals surface area contributed by atoms with E-state index in [1.54, 1.807) is 0 Å². The standard InChI is InChI=1S/C18H24N2O/c1-12(2)19-17(21)20-16-9-7-13-6-8-15(18(3,4)5)10-14(13)11-16/h6-12H,1-5H3,(H2,19,20,21). The summed E-state index contributed by atoms with van der Waals surface area (Å²) >= 11 is 0. The molecule has 0 aliphatic heterocycles. The summed E-state index contributed by atoms with van der Waals surface area (Å²) in [4.78, 5) is 11.8. The molecule has 0 atom stereocenters. The molecule has 0 aliphatic rings. The van der Waals surface area contributed by atoms with Gasteiger partial charge in [0.2, 0.25) is 0 Å². The highest BCUT2D eigenvalue weighted by atomic mass is 16.2. The molecule has 0 radical (unpaired) electrons. The van der Waals surface area contributed by atoms with Crippen molar-refractivity contribution in [3.05, 3.63) is 42.0 Å². The number of urea groups is 1. The molecule has 3 nitrogen and oxygen atoms in total. The number of hydrogen-bond acceptors (Lipinski definition) is 1. The van der Waals surface area contributed by atoms with E-state index < -0.39 is 0 Å². The van der Waals surface area contributed by atoms with Crippen molar-refractivity contribution in [2.24, 2.45) is 0 Å². The van der Waals surface area contributed by atoms with Crippen molar-refractivity contribution in [1.29, 1.82) is 0 Å². The van der Waals surface area contributed by atoms with Gasteiger partial charge in [-0.3, -0.25) is 0 Å². The fourth-order valence-corrected chi connectivity index (χ4v) is 2.22. The molecule has 0 spiro atoms. The van der Waals surface area contributed by atoms with E-state index in [0.717, 1.165) is 11.1 Å². The Morgan fingerprint density at radius 2 is 1.67 bits per heavy atom. The fourth-order valence-electron chi connectivity index (χ4n) is 2.22. The quantitative estimate of drug-likeness (QED) is 0.827. The first-order valence-electron chi connectivity index (χ1n) is 7.37. The molecule has 2 N–H and O–H groups in total. The molecule has 0 fully saturated rings. The molecule has 0 aliphatic carbocycles. The third kappa shape index (κ3) is 3.97. The number of fused-ring (bicyclic) bond motifs is 1. The highest BCUT2D eigenvalue weighted by Crippen LogP contribution is 2.27. The topological polar surface area (TPSA) is 41.1 Å². The van der Waals surface area contributed by atoms with Crippen LogP contribution in [0.5, 0.6) is 0 Å². The van der Waals surface area contributed by atoms with Crippen molar-refractivity contribution in [2.45, 2.75) is 46.1 Å². The number of amides is 2. The van der Waals surface area contributed by atoms with E-state index in [2.05, 4.69) is 49.6 Å². The van der Waals surface area contributed by atoms with E-state index in [9.17, 15) is 4.79 Å². The maximum absolute atomic E-state index is 11.8. The summed E-state index contributed by atoms with van der Waals surface area (Å²) in [7, 11) is 0. The van der Waals surface area contributed by atoms with Gasteiger partial charge < -0.3 is 10.6 Å². The number of anilines is 1. The average Bonchev–Trinajstić information content (AvgIpc) is 2.35. The number of nitrogens with one attached hydrogen (secondary N) is 2. The van der Waals surface area contributed by atoms with Crippen LogP contribution in [-0.2, 0) is 5.41 Å². The van der Waals surface area contributed by atoms with Gasteiger partial charge in [0.1, 0.15) is 0 Å². The second-order valence-electron chi connectivity index (χ2n) is 6.78. The first kappa shape index (κ1) is 15.4. The highest BCUT2D eigenvalue weighted by molar-refractivity contribution is 5.93. The van der Waals surface area contributed by atoms with Crippen molar-refractivity contribution in [2.75, 3.05) is 5.32 Å². The number of carbonyl (C=O) groups excluding carboxylic acids is 1. The Hall–Kier alpha value is -2.03. The third-order valence-electron chi connectivity index (χ3n) is 3.38. The van der Waals surface area contributed by atoms with Gasteiger partial charge >= 0.3 is 6.03 Å². The van der Waals surface area contributed by atoms with Gasteiger partial charge in [-0.25, -0.2) is 4.79 Å². The van der Waals surface area contributed by atoms with Gasteiger partial charge in [-0.2, -0.15) is 0 Å². The Kier molecular flexibility index (Phi) is 4.21. The van der Waals surface area contributed by atoms with Crippen LogP contribution in [0.3, 0.4) is 0 Å². The molecule has 2 aromatic rings. The minimum Gasteiger partial charge on any atom is -0.336 e. The fraction of sp³-hybridized carbons (Fsp3) is 0.389. The Labute approximate surface area is 126 Å². The van der Waals surface area contributed by atoms with Crippen LogP contribution in [0.2, 0.25) is 0 Å². The lowest BCUT2D eigenvalue weighted by Gasteiger charge is -2.19. The number of benzene rings is 2. The SMILES string of the molecule is CC(C)NC(=O)Nc1ccc2ccc(C(C)(C)C)cc2c1. The van der Waals surface area contributed by atoms with Crippen LogP contribution in [0, 0.1) is 0 Å². The Balaban J connectivity index is 2.29. The van der Waals surface area contributed by atoms with Crippen LogP contribution in [0.15, 0.2) is 36.4 Å². The molecule has 0 saturated carbocycles.